The quantitative estimate of drug-likeness (QED) is 0.124. The number of aromatic hydroxyl groups is 2. The Morgan fingerprint density at radius 2 is 1.37 bits per heavy atom. The molecule has 3 aromatic rings. The molecule has 2 aromatic carbocycles. The topological polar surface area (TPSA) is 220 Å². The lowest BCUT2D eigenvalue weighted by Crippen LogP contribution is -2.59. The van der Waals surface area contributed by atoms with Crippen LogP contribution in [-0.2, 0) is 38.4 Å². The minimum absolute atomic E-state index is 0.0248. The summed E-state index contributed by atoms with van der Waals surface area (Å²) >= 11 is 0. The van der Waals surface area contributed by atoms with Crippen LogP contribution in [-0.4, -0.2) is 73.1 Å². The van der Waals surface area contributed by atoms with Gasteiger partial charge in [-0.05, 0) is 47.7 Å². The van der Waals surface area contributed by atoms with Gasteiger partial charge in [-0.2, -0.15) is 0 Å². The zero-order valence-electron chi connectivity index (χ0n) is 24.0. The first kappa shape index (κ1) is 32.6. The number of hydrogen-bond donors (Lipinski definition) is 8. The lowest BCUT2D eigenvalue weighted by Gasteiger charge is -2.28. The number of nitrogens with zero attached hydrogens (tertiary/aromatic N) is 1. The highest BCUT2D eigenvalue weighted by Gasteiger charge is 2.33. The van der Waals surface area contributed by atoms with Crippen molar-refractivity contribution in [1.29, 1.82) is 0 Å². The third kappa shape index (κ3) is 9.85. The fourth-order valence-corrected chi connectivity index (χ4v) is 4.37. The number of phenolic OH excluding ortho intramolecular Hbond substituents is 2. The molecule has 1 aromatic heterocycles. The van der Waals surface area contributed by atoms with E-state index in [1.807, 2.05) is 6.92 Å². The molecule has 13 heteroatoms. The summed E-state index contributed by atoms with van der Waals surface area (Å²) in [6.07, 6.45) is 3.56. The number of aliphatic carboxylic acids is 1. The Hall–Kier alpha value is -4.91. The van der Waals surface area contributed by atoms with Crippen LogP contribution in [0.5, 0.6) is 11.5 Å². The minimum atomic E-state index is -1.29. The van der Waals surface area contributed by atoms with E-state index in [2.05, 4.69) is 25.9 Å². The van der Waals surface area contributed by atoms with Gasteiger partial charge in [-0.25, -0.2) is 9.78 Å². The molecule has 0 fully saturated rings. The highest BCUT2D eigenvalue weighted by atomic mass is 16.4. The van der Waals surface area contributed by atoms with Gasteiger partial charge >= 0.3 is 5.97 Å². The molecule has 13 nitrogen and oxygen atoms in total. The Bertz CT molecular complexity index is 1360. The third-order valence-corrected chi connectivity index (χ3v) is 7.12. The summed E-state index contributed by atoms with van der Waals surface area (Å²) in [6, 6.07) is 7.65. The summed E-state index contributed by atoms with van der Waals surface area (Å²) in [4.78, 5) is 58.8. The summed E-state index contributed by atoms with van der Waals surface area (Å²) in [6.45, 7) is 3.57. The first-order valence-corrected chi connectivity index (χ1v) is 13.9. The Morgan fingerprint density at radius 1 is 0.814 bits per heavy atom. The van der Waals surface area contributed by atoms with E-state index in [0.717, 1.165) is 0 Å². The molecular weight excluding hydrogens is 556 g/mol. The highest BCUT2D eigenvalue weighted by Crippen LogP contribution is 2.14. The van der Waals surface area contributed by atoms with Gasteiger partial charge in [-0.15, -0.1) is 0 Å². The molecule has 0 radical (unpaired) electrons. The van der Waals surface area contributed by atoms with Crippen molar-refractivity contribution in [3.05, 3.63) is 77.9 Å². The third-order valence-electron chi connectivity index (χ3n) is 7.12. The smallest absolute Gasteiger partial charge is 0.326 e. The highest BCUT2D eigenvalue weighted by molar-refractivity contribution is 5.94. The summed E-state index contributed by atoms with van der Waals surface area (Å²) in [5.41, 5.74) is 7.97. The molecule has 43 heavy (non-hydrogen) atoms. The van der Waals surface area contributed by atoms with Crippen molar-refractivity contribution in [2.75, 3.05) is 0 Å². The first-order chi connectivity index (χ1) is 20.5. The van der Waals surface area contributed by atoms with E-state index < -0.39 is 47.9 Å². The molecule has 3 rings (SSSR count). The second kappa shape index (κ2) is 15.4. The largest absolute Gasteiger partial charge is 0.508 e. The van der Waals surface area contributed by atoms with Crippen molar-refractivity contribution >= 4 is 23.7 Å². The van der Waals surface area contributed by atoms with Crippen LogP contribution in [0.3, 0.4) is 0 Å². The fourth-order valence-electron chi connectivity index (χ4n) is 4.37. The van der Waals surface area contributed by atoms with Crippen LogP contribution in [0.15, 0.2) is 61.1 Å². The summed E-state index contributed by atoms with van der Waals surface area (Å²) in [5, 5.41) is 36.6. The van der Waals surface area contributed by atoms with Gasteiger partial charge in [0.2, 0.25) is 17.7 Å². The van der Waals surface area contributed by atoms with Gasteiger partial charge in [0.1, 0.15) is 29.6 Å². The van der Waals surface area contributed by atoms with Gasteiger partial charge in [-0.1, -0.05) is 44.5 Å². The van der Waals surface area contributed by atoms with E-state index in [4.69, 9.17) is 5.73 Å². The molecule has 230 valence electrons. The van der Waals surface area contributed by atoms with E-state index in [1.54, 1.807) is 31.2 Å². The molecule has 3 amide bonds. The SMILES string of the molecule is CCC(C)C(NC(=O)C(Cc1cnc[nH]1)NC(=O)C(N)Cc1ccc(O)cc1)C(=O)NC(Cc1ccc(O)cc1)C(=O)O. The summed E-state index contributed by atoms with van der Waals surface area (Å²) in [7, 11) is 0. The normalized spacial score (nSPS) is 14.5. The van der Waals surface area contributed by atoms with Crippen LogP contribution in [0.1, 0.15) is 37.1 Å². The van der Waals surface area contributed by atoms with Crippen molar-refractivity contribution < 1.29 is 34.5 Å². The van der Waals surface area contributed by atoms with E-state index in [9.17, 15) is 34.5 Å². The zero-order chi connectivity index (χ0) is 31.5. The van der Waals surface area contributed by atoms with Crippen LogP contribution < -0.4 is 21.7 Å². The number of benzene rings is 2. The number of aromatic amines is 1. The zero-order valence-corrected chi connectivity index (χ0v) is 24.0. The number of amides is 3. The van der Waals surface area contributed by atoms with E-state index in [0.29, 0.717) is 23.2 Å². The predicted molar refractivity (Wildman–Crippen MR) is 157 cm³/mol. The second-order valence-electron chi connectivity index (χ2n) is 10.5. The van der Waals surface area contributed by atoms with Gasteiger partial charge in [0.25, 0.3) is 0 Å². The van der Waals surface area contributed by atoms with Gasteiger partial charge in [0.15, 0.2) is 0 Å². The Kier molecular flexibility index (Phi) is 11.6. The standard InChI is InChI=1S/C30H38N6O7/c1-3-17(2)26(29(41)35-25(30(42)43)13-19-6-10-22(38)11-7-19)36-28(40)24(14-20-15-32-16-33-20)34-27(39)23(31)12-18-4-8-21(37)9-5-18/h4-11,15-17,23-26,37-38H,3,12-14,31H2,1-2H3,(H,32,33)(H,34,39)(H,35,41)(H,36,40)(H,42,43). The van der Waals surface area contributed by atoms with Crippen molar-refractivity contribution in [1.82, 2.24) is 25.9 Å². The lowest BCUT2D eigenvalue weighted by atomic mass is 9.96. The average molecular weight is 595 g/mol. The molecule has 9 N–H and O–H groups in total. The van der Waals surface area contributed by atoms with E-state index in [1.165, 1.54) is 36.8 Å². The van der Waals surface area contributed by atoms with Gasteiger partial charge < -0.3 is 42.0 Å². The monoisotopic (exact) mass is 594 g/mol. The van der Waals surface area contributed by atoms with Crippen LogP contribution in [0, 0.1) is 5.92 Å². The number of H-pyrrole nitrogens is 1. The molecule has 0 spiro atoms. The molecule has 0 aliphatic rings. The van der Waals surface area contributed by atoms with Gasteiger partial charge in [-0.3, -0.25) is 14.4 Å². The molecule has 5 unspecified atom stereocenters. The summed E-state index contributed by atoms with van der Waals surface area (Å²) < 4.78 is 0. The maximum atomic E-state index is 13.6. The number of nitrogens with two attached hydrogens (primary N) is 1. The number of hydrogen-bond acceptors (Lipinski definition) is 8. The first-order valence-electron chi connectivity index (χ1n) is 13.9. The summed E-state index contributed by atoms with van der Waals surface area (Å²) in [5.74, 6) is -3.49. The average Bonchev–Trinajstić information content (AvgIpc) is 3.50. The van der Waals surface area contributed by atoms with Crippen LogP contribution >= 0.6 is 0 Å². The number of carboxylic acids is 1. The van der Waals surface area contributed by atoms with E-state index >= 15 is 0 Å². The number of imidazole rings is 1. The molecular formula is C30H38N6O7. The number of rotatable bonds is 15. The Balaban J connectivity index is 1.74. The molecule has 0 saturated carbocycles. The number of phenols is 2. The van der Waals surface area contributed by atoms with Crippen molar-refractivity contribution in [3.8, 4) is 11.5 Å². The van der Waals surface area contributed by atoms with Crippen molar-refractivity contribution in [2.24, 2.45) is 11.7 Å². The molecule has 1 heterocycles. The van der Waals surface area contributed by atoms with Gasteiger partial charge in [0.05, 0.1) is 12.4 Å². The van der Waals surface area contributed by atoms with Crippen molar-refractivity contribution in [2.45, 2.75) is 63.7 Å². The second-order valence-corrected chi connectivity index (χ2v) is 10.5. The van der Waals surface area contributed by atoms with Crippen molar-refractivity contribution in [3.63, 3.8) is 0 Å². The number of nitrogens with one attached hydrogen (secondary N) is 4. The molecule has 0 bridgehead atoms. The predicted octanol–water partition coefficient (Wildman–Crippen LogP) is 0.761. The number of carboxylic acid groups (broad SMARTS) is 1. The molecule has 0 aliphatic carbocycles. The number of aromatic nitrogens is 2. The molecule has 0 aliphatic heterocycles. The van der Waals surface area contributed by atoms with Crippen LogP contribution in [0.4, 0.5) is 0 Å². The molecule has 5 atom stereocenters. The van der Waals surface area contributed by atoms with Gasteiger partial charge in [0, 0.05) is 24.7 Å². The van der Waals surface area contributed by atoms with Crippen LogP contribution in [0.25, 0.3) is 0 Å². The minimum Gasteiger partial charge on any atom is -0.508 e. The Labute approximate surface area is 248 Å². The Morgan fingerprint density at radius 3 is 1.88 bits per heavy atom. The molecule has 0 saturated heterocycles. The maximum Gasteiger partial charge on any atom is 0.326 e. The fraction of sp³-hybridized carbons (Fsp3) is 0.367. The number of carbonyl (C=O) groups is 4. The van der Waals surface area contributed by atoms with Crippen LogP contribution in [0.2, 0.25) is 0 Å². The lowest BCUT2D eigenvalue weighted by molar-refractivity contribution is -0.142. The number of carbonyl (C=O) groups excluding carboxylic acids is 3. The maximum absolute atomic E-state index is 13.6. The van der Waals surface area contributed by atoms with E-state index in [-0.39, 0.29) is 36.7 Å².